The van der Waals surface area contributed by atoms with Crippen LogP contribution in [0.15, 0.2) is 45.1 Å². The van der Waals surface area contributed by atoms with Gasteiger partial charge in [-0.25, -0.2) is 0 Å². The average Bonchev–Trinajstić information content (AvgIpc) is 2.95. The molecule has 0 aromatic heterocycles. The van der Waals surface area contributed by atoms with Crippen LogP contribution in [-0.2, 0) is 12.1 Å². The van der Waals surface area contributed by atoms with E-state index in [1.54, 1.807) is 27.1 Å². The molecule has 5 N–H and O–H groups in total. The predicted molar refractivity (Wildman–Crippen MR) is 117 cm³/mol. The van der Waals surface area contributed by atoms with E-state index in [-0.39, 0.29) is 6.04 Å². The van der Waals surface area contributed by atoms with Crippen LogP contribution in [0.25, 0.3) is 0 Å². The minimum absolute atomic E-state index is 0.222. The third-order valence-electron chi connectivity index (χ3n) is 5.13. The summed E-state index contributed by atoms with van der Waals surface area (Å²) in [5.41, 5.74) is 4.39. The maximum atomic E-state index is 10.2. The topological polar surface area (TPSA) is 104 Å². The van der Waals surface area contributed by atoms with Crippen LogP contribution >= 0.6 is 11.8 Å². The molecule has 2 aliphatic rings. The lowest BCUT2D eigenvalue weighted by molar-refractivity contribution is 0.0785. The fourth-order valence-electron chi connectivity index (χ4n) is 3.23. The molecule has 1 unspecified atom stereocenters. The molecule has 0 bridgehead atoms. The van der Waals surface area contributed by atoms with Crippen molar-refractivity contribution in [1.29, 1.82) is 10.8 Å². The van der Waals surface area contributed by atoms with Gasteiger partial charge in [-0.3, -0.25) is 10.4 Å². The van der Waals surface area contributed by atoms with Gasteiger partial charge in [-0.1, -0.05) is 30.0 Å². The van der Waals surface area contributed by atoms with Crippen LogP contribution in [0.5, 0.6) is 0 Å². The predicted octanol–water partition coefficient (Wildman–Crippen LogP) is 3.56. The standard InChI is InChI=1S/C21H27N5OS/c1-11-8-15(21(4,5)27)7-6-14(11)9-24-20-18-17(25-10-26-20)16(19(23)28-18)12(2)13(3)22/h6-8,10,17,22-24,27H,9H2,1-5H3,(H,25,26)/b16-12-,22-13?,23-19?. The first-order chi connectivity index (χ1) is 13.1. The van der Waals surface area contributed by atoms with E-state index in [0.29, 0.717) is 17.3 Å². The largest absolute Gasteiger partial charge is 0.386 e. The van der Waals surface area contributed by atoms with Gasteiger partial charge in [0.2, 0.25) is 0 Å². The fourth-order valence-corrected chi connectivity index (χ4v) is 4.35. The number of aliphatic imine (C=N–C) groups is 1. The maximum Gasteiger partial charge on any atom is 0.117 e. The number of aliphatic hydroxyl groups is 1. The molecule has 3 rings (SSSR count). The highest BCUT2D eigenvalue weighted by atomic mass is 32.2. The lowest BCUT2D eigenvalue weighted by Crippen LogP contribution is -2.32. The molecule has 2 heterocycles. The maximum absolute atomic E-state index is 10.2. The second-order valence-corrected chi connectivity index (χ2v) is 8.77. The molecule has 148 valence electrons. The zero-order valence-electron chi connectivity index (χ0n) is 16.9. The Bertz CT molecular complexity index is 937. The van der Waals surface area contributed by atoms with Crippen LogP contribution < -0.4 is 10.6 Å². The van der Waals surface area contributed by atoms with Crippen molar-refractivity contribution in [3.05, 3.63) is 56.8 Å². The Balaban J connectivity index is 1.83. The lowest BCUT2D eigenvalue weighted by atomic mass is 9.94. The Hall–Kier alpha value is -2.38. The first-order valence-corrected chi connectivity index (χ1v) is 10.0. The third kappa shape index (κ3) is 3.91. The van der Waals surface area contributed by atoms with Crippen molar-refractivity contribution in [3.63, 3.8) is 0 Å². The monoisotopic (exact) mass is 397 g/mol. The molecule has 0 saturated carbocycles. The Morgan fingerprint density at radius 3 is 2.68 bits per heavy atom. The molecule has 1 aromatic rings. The molecule has 6 nitrogen and oxygen atoms in total. The van der Waals surface area contributed by atoms with Crippen LogP contribution in [-0.4, -0.2) is 28.2 Å². The molecule has 0 radical (unpaired) electrons. The Morgan fingerprint density at radius 2 is 2.07 bits per heavy atom. The molecule has 28 heavy (non-hydrogen) atoms. The Morgan fingerprint density at radius 1 is 1.36 bits per heavy atom. The van der Waals surface area contributed by atoms with Gasteiger partial charge in [0, 0.05) is 17.8 Å². The Kier molecular flexibility index (Phi) is 5.50. The fraction of sp³-hybridized carbons (Fsp3) is 0.381. The molecule has 0 amide bonds. The lowest BCUT2D eigenvalue weighted by Gasteiger charge is -2.22. The summed E-state index contributed by atoms with van der Waals surface area (Å²) in [5, 5.41) is 33.5. The van der Waals surface area contributed by atoms with Crippen molar-refractivity contribution in [3.8, 4) is 0 Å². The molecule has 0 aliphatic carbocycles. The van der Waals surface area contributed by atoms with E-state index in [1.807, 2.05) is 32.0 Å². The van der Waals surface area contributed by atoms with E-state index in [1.165, 1.54) is 11.8 Å². The third-order valence-corrected chi connectivity index (χ3v) is 6.20. The number of benzene rings is 1. The molecular weight excluding hydrogens is 370 g/mol. The van der Waals surface area contributed by atoms with Gasteiger partial charge in [-0.15, -0.1) is 0 Å². The van der Waals surface area contributed by atoms with Crippen molar-refractivity contribution in [2.75, 3.05) is 0 Å². The van der Waals surface area contributed by atoms with E-state index in [2.05, 4.69) is 15.6 Å². The number of nitrogens with one attached hydrogen (secondary N) is 4. The second-order valence-electron chi connectivity index (χ2n) is 7.71. The Labute approximate surface area is 170 Å². The summed E-state index contributed by atoms with van der Waals surface area (Å²) < 4.78 is 0. The smallest absolute Gasteiger partial charge is 0.117 e. The van der Waals surface area contributed by atoms with Crippen molar-refractivity contribution in [2.45, 2.75) is 52.8 Å². The highest BCUT2D eigenvalue weighted by Crippen LogP contribution is 2.42. The van der Waals surface area contributed by atoms with E-state index >= 15 is 0 Å². The first kappa shape index (κ1) is 20.4. The van der Waals surface area contributed by atoms with Crippen LogP contribution in [0, 0.1) is 17.7 Å². The van der Waals surface area contributed by atoms with Crippen molar-refractivity contribution < 1.29 is 5.11 Å². The molecule has 2 aliphatic heterocycles. The van der Waals surface area contributed by atoms with Gasteiger partial charge in [-0.05, 0) is 56.9 Å². The molecule has 1 saturated heterocycles. The van der Waals surface area contributed by atoms with Gasteiger partial charge >= 0.3 is 0 Å². The van der Waals surface area contributed by atoms with Gasteiger partial charge in [0.05, 0.1) is 21.9 Å². The van der Waals surface area contributed by atoms with Crippen molar-refractivity contribution >= 4 is 28.9 Å². The van der Waals surface area contributed by atoms with Gasteiger partial charge in [-0.2, -0.15) is 0 Å². The molecule has 0 spiro atoms. The zero-order valence-corrected chi connectivity index (χ0v) is 17.7. The number of thioether (sulfide) groups is 1. The number of rotatable bonds is 5. The van der Waals surface area contributed by atoms with Gasteiger partial charge in [0.1, 0.15) is 11.9 Å². The molecule has 1 atom stereocenters. The second kappa shape index (κ2) is 7.56. The van der Waals surface area contributed by atoms with E-state index in [9.17, 15) is 5.11 Å². The average molecular weight is 398 g/mol. The van der Waals surface area contributed by atoms with Crippen LogP contribution in [0.1, 0.15) is 44.4 Å². The van der Waals surface area contributed by atoms with Crippen molar-refractivity contribution in [2.24, 2.45) is 4.99 Å². The quantitative estimate of drug-likeness (QED) is 0.490. The van der Waals surface area contributed by atoms with Crippen LogP contribution in [0.3, 0.4) is 0 Å². The number of allylic oxidation sites excluding steroid dienone is 1. The number of hydrogen-bond donors (Lipinski definition) is 5. The number of fused-ring (bicyclic) bond motifs is 1. The zero-order chi connectivity index (χ0) is 20.6. The van der Waals surface area contributed by atoms with Gasteiger partial charge in [0.15, 0.2) is 0 Å². The SMILES string of the molecule is CC(=N)/C(C)=C1\C(=N)SC2=C(NCc3ccc(C(C)(C)O)cc3C)NC=NC21. The normalized spacial score (nSPS) is 20.8. The summed E-state index contributed by atoms with van der Waals surface area (Å²) in [6.45, 7) is 9.86. The molecule has 1 fully saturated rings. The van der Waals surface area contributed by atoms with E-state index in [0.717, 1.165) is 38.6 Å². The summed E-state index contributed by atoms with van der Waals surface area (Å²) in [4.78, 5) is 5.48. The molecule has 7 heteroatoms. The van der Waals surface area contributed by atoms with Crippen LogP contribution in [0.4, 0.5) is 0 Å². The molecule has 1 aromatic carbocycles. The van der Waals surface area contributed by atoms with Gasteiger partial charge in [0.25, 0.3) is 0 Å². The van der Waals surface area contributed by atoms with E-state index in [4.69, 9.17) is 10.8 Å². The minimum atomic E-state index is -0.857. The summed E-state index contributed by atoms with van der Waals surface area (Å²) in [7, 11) is 0. The highest BCUT2D eigenvalue weighted by molar-refractivity contribution is 8.18. The number of aryl methyl sites for hydroxylation is 1. The summed E-state index contributed by atoms with van der Waals surface area (Å²) >= 11 is 1.39. The number of hydrogen-bond acceptors (Lipinski definition) is 7. The molecular formula is C21H27N5OS. The van der Waals surface area contributed by atoms with Crippen molar-refractivity contribution in [1.82, 2.24) is 10.6 Å². The van der Waals surface area contributed by atoms with Crippen LogP contribution in [0.2, 0.25) is 0 Å². The highest BCUT2D eigenvalue weighted by Gasteiger charge is 2.37. The van der Waals surface area contributed by atoms with E-state index < -0.39 is 5.60 Å². The minimum Gasteiger partial charge on any atom is -0.386 e. The summed E-state index contributed by atoms with van der Waals surface area (Å²) in [5.74, 6) is 0.853. The first-order valence-electron chi connectivity index (χ1n) is 9.21. The summed E-state index contributed by atoms with van der Waals surface area (Å²) in [6.07, 6.45) is 1.66. The summed E-state index contributed by atoms with van der Waals surface area (Å²) in [6, 6.07) is 5.79. The number of nitrogens with zero attached hydrogens (tertiary/aromatic N) is 1. The van der Waals surface area contributed by atoms with Gasteiger partial charge < -0.3 is 21.1 Å².